The summed E-state index contributed by atoms with van der Waals surface area (Å²) in [6.07, 6.45) is 3.02. The quantitative estimate of drug-likeness (QED) is 0.668. The molecule has 2 fully saturated rings. The Hall–Kier alpha value is -0.120. The second-order valence-electron chi connectivity index (χ2n) is 4.89. The molecule has 2 N–H and O–H groups in total. The first-order valence-electron chi connectivity index (χ1n) is 5.84. The lowest BCUT2D eigenvalue weighted by atomic mass is 9.85. The molecule has 2 aliphatic rings. The molecule has 0 bridgehead atoms. The summed E-state index contributed by atoms with van der Waals surface area (Å²) in [4.78, 5) is 2.70. The Kier molecular flexibility index (Phi) is 3.10. The Morgan fingerprint density at radius 3 is 2.21 bits per heavy atom. The van der Waals surface area contributed by atoms with Gasteiger partial charge in [-0.3, -0.25) is 4.90 Å². The van der Waals surface area contributed by atoms with Gasteiger partial charge in [-0.25, -0.2) is 0 Å². The van der Waals surface area contributed by atoms with E-state index in [1.165, 1.54) is 25.9 Å². The van der Waals surface area contributed by atoms with Crippen molar-refractivity contribution in [2.24, 2.45) is 0 Å². The molecule has 14 heavy (non-hydrogen) atoms. The van der Waals surface area contributed by atoms with E-state index in [-0.39, 0.29) is 0 Å². The van der Waals surface area contributed by atoms with E-state index in [1.54, 1.807) is 0 Å². The number of quaternary nitrogens is 1. The molecule has 0 radical (unpaired) electrons. The van der Waals surface area contributed by atoms with E-state index in [1.807, 2.05) is 7.11 Å². The van der Waals surface area contributed by atoms with Crippen molar-refractivity contribution in [1.29, 1.82) is 0 Å². The van der Waals surface area contributed by atoms with Crippen LogP contribution in [0.4, 0.5) is 0 Å². The van der Waals surface area contributed by atoms with Crippen molar-refractivity contribution in [3.63, 3.8) is 0 Å². The van der Waals surface area contributed by atoms with Crippen molar-refractivity contribution in [2.75, 3.05) is 20.2 Å². The third-order valence-corrected chi connectivity index (χ3v) is 3.86. The molecule has 82 valence electrons. The molecular formula is C11H23N2O+. The van der Waals surface area contributed by atoms with E-state index >= 15 is 0 Å². The van der Waals surface area contributed by atoms with Gasteiger partial charge >= 0.3 is 0 Å². The normalized spacial score (nSPS) is 44.8. The first-order valence-corrected chi connectivity index (χ1v) is 5.84. The molecule has 2 rings (SSSR count). The lowest BCUT2D eigenvalue weighted by Gasteiger charge is -2.48. The van der Waals surface area contributed by atoms with E-state index in [0.717, 1.165) is 18.1 Å². The molecule has 3 nitrogen and oxygen atoms in total. The molecule has 1 aliphatic carbocycles. The number of nitrogens with two attached hydrogens (primary N) is 1. The minimum absolute atomic E-state index is 0.533. The number of rotatable bonds is 2. The van der Waals surface area contributed by atoms with Gasteiger partial charge in [0.05, 0.1) is 31.3 Å². The van der Waals surface area contributed by atoms with Crippen LogP contribution in [0.5, 0.6) is 0 Å². The summed E-state index contributed by atoms with van der Waals surface area (Å²) in [6, 6.07) is 2.27. The molecule has 0 unspecified atom stereocenters. The molecule has 0 amide bonds. The zero-order valence-electron chi connectivity index (χ0n) is 9.57. The van der Waals surface area contributed by atoms with Crippen LogP contribution in [-0.2, 0) is 4.74 Å². The van der Waals surface area contributed by atoms with Crippen molar-refractivity contribution in [3.05, 3.63) is 0 Å². The van der Waals surface area contributed by atoms with Gasteiger partial charge in [0.1, 0.15) is 0 Å². The predicted octanol–water partition coefficient (Wildman–Crippen LogP) is -0.180. The average Bonchev–Trinajstić information content (AvgIpc) is 2.08. The highest BCUT2D eigenvalue weighted by Crippen LogP contribution is 2.30. The summed E-state index contributed by atoms with van der Waals surface area (Å²) >= 11 is 0. The first kappa shape index (κ1) is 10.4. The lowest BCUT2D eigenvalue weighted by molar-refractivity contribution is -0.675. The van der Waals surface area contributed by atoms with Crippen molar-refractivity contribution < 1.29 is 10.1 Å². The smallest absolute Gasteiger partial charge is 0.0911 e. The van der Waals surface area contributed by atoms with Crippen LogP contribution >= 0.6 is 0 Å². The van der Waals surface area contributed by atoms with Crippen LogP contribution < -0.4 is 5.32 Å². The van der Waals surface area contributed by atoms with E-state index in [9.17, 15) is 0 Å². The Morgan fingerprint density at radius 2 is 1.71 bits per heavy atom. The molecule has 1 saturated heterocycles. The zero-order valence-corrected chi connectivity index (χ0v) is 9.57. The Labute approximate surface area is 86.8 Å². The van der Waals surface area contributed by atoms with E-state index < -0.39 is 0 Å². The number of piperazine rings is 1. The van der Waals surface area contributed by atoms with Crippen LogP contribution in [-0.4, -0.2) is 49.3 Å². The third kappa shape index (κ3) is 1.81. The van der Waals surface area contributed by atoms with Gasteiger partial charge < -0.3 is 10.1 Å². The Morgan fingerprint density at radius 1 is 1.14 bits per heavy atom. The molecule has 1 aliphatic heterocycles. The maximum absolute atomic E-state index is 5.34. The maximum Gasteiger partial charge on any atom is 0.0911 e. The summed E-state index contributed by atoms with van der Waals surface area (Å²) < 4.78 is 5.34. The van der Waals surface area contributed by atoms with Crippen LogP contribution in [0.3, 0.4) is 0 Å². The minimum atomic E-state index is 0.533. The number of methoxy groups -OCH3 is 1. The van der Waals surface area contributed by atoms with E-state index in [4.69, 9.17) is 4.74 Å². The molecule has 0 spiro atoms. The third-order valence-electron chi connectivity index (χ3n) is 3.86. The first-order chi connectivity index (χ1) is 6.72. The predicted molar refractivity (Wildman–Crippen MR) is 56.2 cm³/mol. The number of ether oxygens (including phenoxy) is 1. The molecule has 3 heteroatoms. The van der Waals surface area contributed by atoms with E-state index in [2.05, 4.69) is 24.1 Å². The summed E-state index contributed by atoms with van der Waals surface area (Å²) in [5, 5.41) is 2.44. The van der Waals surface area contributed by atoms with Crippen molar-refractivity contribution in [1.82, 2.24) is 4.90 Å². The fourth-order valence-electron chi connectivity index (χ4n) is 2.95. The van der Waals surface area contributed by atoms with Crippen LogP contribution in [0, 0.1) is 0 Å². The highest BCUT2D eigenvalue weighted by molar-refractivity contribution is 4.92. The monoisotopic (exact) mass is 199 g/mol. The topological polar surface area (TPSA) is 29.1 Å². The van der Waals surface area contributed by atoms with Crippen LogP contribution in [0.1, 0.15) is 26.7 Å². The Balaban J connectivity index is 1.89. The maximum atomic E-state index is 5.34. The lowest BCUT2D eigenvalue weighted by Crippen LogP contribution is -2.93. The van der Waals surface area contributed by atoms with Crippen LogP contribution in [0.15, 0.2) is 0 Å². The summed E-state index contributed by atoms with van der Waals surface area (Å²) in [5.74, 6) is 0. The molecule has 2 atom stereocenters. The summed E-state index contributed by atoms with van der Waals surface area (Å²) in [6.45, 7) is 7.23. The number of hydrogen-bond donors (Lipinski definition) is 1. The number of nitrogens with zero attached hydrogens (tertiary/aromatic N) is 1. The summed E-state index contributed by atoms with van der Waals surface area (Å²) in [7, 11) is 1.83. The van der Waals surface area contributed by atoms with Gasteiger partial charge in [0.2, 0.25) is 0 Å². The highest BCUT2D eigenvalue weighted by Gasteiger charge is 2.40. The largest absolute Gasteiger partial charge is 0.381 e. The molecule has 0 aromatic heterocycles. The highest BCUT2D eigenvalue weighted by atomic mass is 16.5. The van der Waals surface area contributed by atoms with Gasteiger partial charge in [-0.2, -0.15) is 0 Å². The van der Waals surface area contributed by atoms with Gasteiger partial charge in [0.15, 0.2) is 0 Å². The van der Waals surface area contributed by atoms with Gasteiger partial charge in [0, 0.05) is 13.2 Å². The zero-order chi connectivity index (χ0) is 10.1. The second-order valence-corrected chi connectivity index (χ2v) is 4.89. The van der Waals surface area contributed by atoms with Gasteiger partial charge in [-0.15, -0.1) is 0 Å². The fraction of sp³-hybridized carbons (Fsp3) is 1.00. The second kappa shape index (κ2) is 4.17. The average molecular weight is 199 g/mol. The molecule has 1 heterocycles. The SMILES string of the molecule is COC1CC(N2[C@H](C)C[NH2+]C[C@@H]2C)C1. The standard InChI is InChI=1S/C11H22N2O/c1-8-6-12-7-9(2)13(8)10-4-11(5-10)14-3/h8-12H,4-7H2,1-3H3/p+1/t8-,9+,10?,11?. The Bertz CT molecular complexity index is 182. The molecule has 0 aromatic carbocycles. The van der Waals surface area contributed by atoms with Crippen LogP contribution in [0.25, 0.3) is 0 Å². The van der Waals surface area contributed by atoms with Gasteiger partial charge in [0.25, 0.3) is 0 Å². The van der Waals surface area contributed by atoms with E-state index in [0.29, 0.717) is 6.10 Å². The number of hydrogen-bond acceptors (Lipinski definition) is 2. The van der Waals surface area contributed by atoms with Crippen molar-refractivity contribution in [3.8, 4) is 0 Å². The van der Waals surface area contributed by atoms with Gasteiger partial charge in [-0.05, 0) is 26.7 Å². The minimum Gasteiger partial charge on any atom is -0.381 e. The van der Waals surface area contributed by atoms with Crippen LogP contribution in [0.2, 0.25) is 0 Å². The molecule has 1 saturated carbocycles. The van der Waals surface area contributed by atoms with Crippen molar-refractivity contribution in [2.45, 2.75) is 50.9 Å². The summed E-state index contributed by atoms with van der Waals surface area (Å²) in [5.41, 5.74) is 0. The fourth-order valence-corrected chi connectivity index (χ4v) is 2.95. The molecule has 0 aromatic rings. The van der Waals surface area contributed by atoms with Crippen molar-refractivity contribution >= 4 is 0 Å². The molecular weight excluding hydrogens is 176 g/mol. The van der Waals surface area contributed by atoms with Gasteiger partial charge in [-0.1, -0.05) is 0 Å².